The first-order chi connectivity index (χ1) is 9.52. The summed E-state index contributed by atoms with van der Waals surface area (Å²) >= 11 is 0. The lowest BCUT2D eigenvalue weighted by molar-refractivity contribution is 0.475. The van der Waals surface area contributed by atoms with E-state index in [4.69, 9.17) is 0 Å². The van der Waals surface area contributed by atoms with E-state index in [-0.39, 0.29) is 0 Å². The summed E-state index contributed by atoms with van der Waals surface area (Å²) in [6, 6.07) is 14.5. The van der Waals surface area contributed by atoms with Gasteiger partial charge in [-0.05, 0) is 32.8 Å². The highest BCUT2D eigenvalue weighted by Gasteiger charge is 2.39. The number of rotatable bonds is 2. The Kier molecular flexibility index (Phi) is 3.63. The third-order valence-corrected chi connectivity index (χ3v) is 3.85. The van der Waals surface area contributed by atoms with Crippen molar-refractivity contribution in [1.29, 1.82) is 10.5 Å². The predicted octanol–water partition coefficient (Wildman–Crippen LogP) is 3.43. The molecule has 100 valence electrons. The maximum atomic E-state index is 9.49. The van der Waals surface area contributed by atoms with E-state index in [1.54, 1.807) is 0 Å². The van der Waals surface area contributed by atoms with E-state index in [9.17, 15) is 10.5 Å². The van der Waals surface area contributed by atoms with E-state index in [0.717, 1.165) is 17.0 Å². The molecule has 0 bridgehead atoms. The summed E-state index contributed by atoms with van der Waals surface area (Å²) in [5.41, 5.74) is 3.51. The molecule has 0 fully saturated rings. The molecule has 1 aromatic rings. The van der Waals surface area contributed by atoms with Crippen LogP contribution in [0.4, 0.5) is 0 Å². The van der Waals surface area contributed by atoms with Gasteiger partial charge in [0.05, 0.1) is 23.3 Å². The normalized spacial score (nSPS) is 17.2. The highest BCUT2D eigenvalue weighted by atomic mass is 14.9. The van der Waals surface area contributed by atoms with Crippen molar-refractivity contribution in [2.24, 2.45) is 5.41 Å². The minimum absolute atomic E-state index is 0.565. The Hall–Kier alpha value is -2.52. The van der Waals surface area contributed by atoms with Gasteiger partial charge >= 0.3 is 0 Å². The molecule has 0 amide bonds. The molecule has 0 saturated heterocycles. The van der Waals surface area contributed by atoms with Crippen LogP contribution in [0.25, 0.3) is 0 Å². The molecule has 0 saturated carbocycles. The van der Waals surface area contributed by atoms with Crippen LogP contribution in [0.3, 0.4) is 0 Å². The van der Waals surface area contributed by atoms with E-state index in [1.807, 2.05) is 51.1 Å². The summed E-state index contributed by atoms with van der Waals surface area (Å²) in [7, 11) is 0. The Morgan fingerprint density at radius 2 is 1.50 bits per heavy atom. The first-order valence-corrected chi connectivity index (χ1v) is 6.57. The van der Waals surface area contributed by atoms with Crippen LogP contribution >= 0.6 is 0 Å². The van der Waals surface area contributed by atoms with Crippen molar-refractivity contribution in [2.45, 2.75) is 27.2 Å². The van der Waals surface area contributed by atoms with Gasteiger partial charge in [-0.25, -0.2) is 0 Å². The van der Waals surface area contributed by atoms with Gasteiger partial charge in [0.1, 0.15) is 0 Å². The molecule has 0 unspecified atom stereocenters. The molecule has 1 aromatic carbocycles. The molecule has 1 N–H and O–H groups in total. The minimum atomic E-state index is -0.565. The van der Waals surface area contributed by atoms with Gasteiger partial charge in [0.2, 0.25) is 0 Å². The van der Waals surface area contributed by atoms with Crippen LogP contribution < -0.4 is 5.32 Å². The van der Waals surface area contributed by atoms with Crippen molar-refractivity contribution < 1.29 is 0 Å². The van der Waals surface area contributed by atoms with Gasteiger partial charge in [-0.2, -0.15) is 10.5 Å². The molecule has 0 atom stereocenters. The van der Waals surface area contributed by atoms with Crippen LogP contribution in [0.5, 0.6) is 0 Å². The van der Waals surface area contributed by atoms with Crippen LogP contribution in [-0.2, 0) is 6.42 Å². The SMILES string of the molecule is CC1=C(C#N)C(C)(Cc2ccccc2)C(C#N)=C(C)N1. The maximum absolute atomic E-state index is 9.49. The van der Waals surface area contributed by atoms with Gasteiger partial charge in [0.15, 0.2) is 0 Å². The molecular formula is C17H17N3. The molecule has 3 nitrogen and oxygen atoms in total. The standard InChI is InChI=1S/C17H17N3/c1-12-15(10-18)17(3,16(11-19)13(2)20-12)9-14-7-5-4-6-8-14/h4-8,20H,9H2,1-3H3. The Morgan fingerprint density at radius 1 is 1.00 bits per heavy atom. The fraction of sp³-hybridized carbons (Fsp3) is 0.294. The van der Waals surface area contributed by atoms with Gasteiger partial charge in [-0.1, -0.05) is 30.3 Å². The molecule has 0 aliphatic carbocycles. The average Bonchev–Trinajstić information content (AvgIpc) is 2.39. The van der Waals surface area contributed by atoms with E-state index in [2.05, 4.69) is 17.5 Å². The maximum Gasteiger partial charge on any atom is 0.0975 e. The summed E-state index contributed by atoms with van der Waals surface area (Å²) in [6.45, 7) is 5.75. The lowest BCUT2D eigenvalue weighted by atomic mass is 9.69. The molecule has 20 heavy (non-hydrogen) atoms. The van der Waals surface area contributed by atoms with E-state index < -0.39 is 5.41 Å². The zero-order chi connectivity index (χ0) is 14.8. The summed E-state index contributed by atoms with van der Waals surface area (Å²) in [5.74, 6) is 0. The van der Waals surface area contributed by atoms with E-state index in [1.165, 1.54) is 0 Å². The van der Waals surface area contributed by atoms with Gasteiger partial charge < -0.3 is 5.32 Å². The Bertz CT molecular complexity index is 630. The fourth-order valence-corrected chi connectivity index (χ4v) is 2.95. The molecule has 0 spiro atoms. The molecule has 1 aliphatic heterocycles. The number of allylic oxidation sites excluding steroid dienone is 4. The molecule has 1 aliphatic rings. The van der Waals surface area contributed by atoms with Crippen LogP contribution in [0.15, 0.2) is 52.9 Å². The number of hydrogen-bond acceptors (Lipinski definition) is 3. The monoisotopic (exact) mass is 263 g/mol. The summed E-state index contributed by atoms with van der Waals surface area (Å²) in [5, 5.41) is 22.1. The molecule has 2 rings (SSSR count). The summed E-state index contributed by atoms with van der Waals surface area (Å²) < 4.78 is 0. The third kappa shape index (κ3) is 2.19. The Balaban J connectivity index is 2.55. The first-order valence-electron chi connectivity index (χ1n) is 6.57. The third-order valence-electron chi connectivity index (χ3n) is 3.85. The van der Waals surface area contributed by atoms with Crippen molar-refractivity contribution in [3.05, 3.63) is 58.4 Å². The smallest absolute Gasteiger partial charge is 0.0975 e. The number of dihydropyridines is 1. The van der Waals surface area contributed by atoms with Crippen LogP contribution in [0, 0.1) is 28.1 Å². The molecular weight excluding hydrogens is 246 g/mol. The van der Waals surface area contributed by atoms with Crippen LogP contribution in [0.1, 0.15) is 26.3 Å². The van der Waals surface area contributed by atoms with Crippen molar-refractivity contribution in [3.63, 3.8) is 0 Å². The quantitative estimate of drug-likeness (QED) is 0.889. The second kappa shape index (κ2) is 5.23. The topological polar surface area (TPSA) is 59.6 Å². The number of nitrogens with one attached hydrogen (secondary N) is 1. The van der Waals surface area contributed by atoms with Crippen LogP contribution in [-0.4, -0.2) is 0 Å². The largest absolute Gasteiger partial charge is 0.361 e. The molecule has 0 aromatic heterocycles. The van der Waals surface area contributed by atoms with Crippen molar-refractivity contribution in [1.82, 2.24) is 5.32 Å². The Morgan fingerprint density at radius 3 is 1.95 bits per heavy atom. The van der Waals surface area contributed by atoms with E-state index >= 15 is 0 Å². The lowest BCUT2D eigenvalue weighted by Gasteiger charge is -2.35. The first kappa shape index (κ1) is 13.9. The zero-order valence-electron chi connectivity index (χ0n) is 12.0. The number of hydrogen-bond donors (Lipinski definition) is 1. The van der Waals surface area contributed by atoms with Crippen molar-refractivity contribution in [2.75, 3.05) is 0 Å². The minimum Gasteiger partial charge on any atom is -0.361 e. The zero-order valence-corrected chi connectivity index (χ0v) is 12.0. The second-order valence-corrected chi connectivity index (χ2v) is 5.34. The van der Waals surface area contributed by atoms with Gasteiger partial charge in [-0.3, -0.25) is 0 Å². The summed E-state index contributed by atoms with van der Waals surface area (Å²) in [6.07, 6.45) is 0.649. The Labute approximate surface area is 119 Å². The van der Waals surface area contributed by atoms with Gasteiger partial charge in [-0.15, -0.1) is 0 Å². The highest BCUT2D eigenvalue weighted by Crippen LogP contribution is 2.43. The van der Waals surface area contributed by atoms with Gasteiger partial charge in [0.25, 0.3) is 0 Å². The molecule has 0 radical (unpaired) electrons. The number of nitriles is 2. The van der Waals surface area contributed by atoms with Crippen molar-refractivity contribution in [3.8, 4) is 12.1 Å². The molecule has 3 heteroatoms. The van der Waals surface area contributed by atoms with Crippen molar-refractivity contribution >= 4 is 0 Å². The lowest BCUT2D eigenvalue weighted by Crippen LogP contribution is -2.34. The average molecular weight is 263 g/mol. The summed E-state index contributed by atoms with van der Waals surface area (Å²) in [4.78, 5) is 0. The van der Waals surface area contributed by atoms with Crippen LogP contribution in [0.2, 0.25) is 0 Å². The van der Waals surface area contributed by atoms with Gasteiger partial charge in [0, 0.05) is 16.8 Å². The fourth-order valence-electron chi connectivity index (χ4n) is 2.95. The highest BCUT2D eigenvalue weighted by molar-refractivity contribution is 5.52. The molecule has 1 heterocycles. The van der Waals surface area contributed by atoms with E-state index in [0.29, 0.717) is 17.6 Å². The number of benzene rings is 1. The number of nitrogens with zero attached hydrogens (tertiary/aromatic N) is 2. The second-order valence-electron chi connectivity index (χ2n) is 5.34. The predicted molar refractivity (Wildman–Crippen MR) is 78.0 cm³/mol.